The second kappa shape index (κ2) is 5.72. The molecule has 1 aliphatic heterocycles. The molecule has 4 atom stereocenters. The van der Waals surface area contributed by atoms with Gasteiger partial charge in [-0.25, -0.2) is 4.98 Å². The number of aromatic nitrogens is 2. The number of imidazole rings is 1. The minimum absolute atomic E-state index is 0.148. The summed E-state index contributed by atoms with van der Waals surface area (Å²) in [6.45, 7) is -0.202. The first-order valence-electron chi connectivity index (χ1n) is 6.43. The van der Waals surface area contributed by atoms with Crippen LogP contribution in [0, 0.1) is 0 Å². The maximum Gasteiger partial charge on any atom is 0.110 e. The van der Waals surface area contributed by atoms with Crippen LogP contribution in [0.15, 0.2) is 18.5 Å². The van der Waals surface area contributed by atoms with E-state index >= 15 is 0 Å². The summed E-state index contributed by atoms with van der Waals surface area (Å²) < 4.78 is 7.07. The SMILES string of the molecule is OCC1OCC(n2cnc3cc(Cl)c(Cl)cc32)C(O)C1O. The molecule has 1 aromatic carbocycles. The van der Waals surface area contributed by atoms with Gasteiger partial charge in [0.15, 0.2) is 0 Å². The molecule has 1 fully saturated rings. The van der Waals surface area contributed by atoms with Gasteiger partial charge in [0, 0.05) is 0 Å². The zero-order valence-electron chi connectivity index (χ0n) is 10.9. The molecule has 0 spiro atoms. The van der Waals surface area contributed by atoms with Crippen molar-refractivity contribution >= 4 is 34.2 Å². The zero-order chi connectivity index (χ0) is 15.1. The molecule has 3 N–H and O–H groups in total. The van der Waals surface area contributed by atoms with E-state index in [1.807, 2.05) is 0 Å². The summed E-state index contributed by atoms with van der Waals surface area (Å²) in [5, 5.41) is 30.1. The molecular formula is C13H14Cl2N2O4. The van der Waals surface area contributed by atoms with Gasteiger partial charge in [-0.3, -0.25) is 0 Å². The number of aliphatic hydroxyl groups is 3. The van der Waals surface area contributed by atoms with Crippen LogP contribution in [-0.4, -0.2) is 56.4 Å². The second-order valence-corrected chi connectivity index (χ2v) is 5.82. The third-order valence-corrected chi connectivity index (χ3v) is 4.48. The summed E-state index contributed by atoms with van der Waals surface area (Å²) in [5.41, 5.74) is 1.32. The van der Waals surface area contributed by atoms with Crippen molar-refractivity contribution in [3.63, 3.8) is 0 Å². The summed E-state index contributed by atoms with van der Waals surface area (Å²) in [4.78, 5) is 4.22. The van der Waals surface area contributed by atoms with Crippen molar-refractivity contribution in [2.45, 2.75) is 24.4 Å². The summed E-state index contributed by atoms with van der Waals surface area (Å²) in [5.74, 6) is 0. The monoisotopic (exact) mass is 332 g/mol. The van der Waals surface area contributed by atoms with Crippen molar-refractivity contribution in [1.82, 2.24) is 9.55 Å². The van der Waals surface area contributed by atoms with E-state index in [0.717, 1.165) is 0 Å². The quantitative estimate of drug-likeness (QED) is 0.763. The van der Waals surface area contributed by atoms with Gasteiger partial charge in [0.05, 0.1) is 46.7 Å². The number of rotatable bonds is 2. The molecule has 2 heterocycles. The van der Waals surface area contributed by atoms with Crippen LogP contribution >= 0.6 is 23.2 Å². The normalized spacial score (nSPS) is 30.0. The predicted molar refractivity (Wildman–Crippen MR) is 77.6 cm³/mol. The van der Waals surface area contributed by atoms with Crippen LogP contribution in [-0.2, 0) is 4.74 Å². The van der Waals surface area contributed by atoms with Gasteiger partial charge < -0.3 is 24.6 Å². The highest BCUT2D eigenvalue weighted by atomic mass is 35.5. The summed E-state index contributed by atoms with van der Waals surface area (Å²) in [7, 11) is 0. The molecule has 3 rings (SSSR count). The Kier molecular flexibility index (Phi) is 4.09. The molecule has 0 bridgehead atoms. The van der Waals surface area contributed by atoms with E-state index in [0.29, 0.717) is 21.1 Å². The van der Waals surface area contributed by atoms with Crippen molar-refractivity contribution in [3.8, 4) is 0 Å². The molecule has 2 aromatic rings. The molecule has 21 heavy (non-hydrogen) atoms. The fourth-order valence-electron chi connectivity index (χ4n) is 2.56. The average Bonchev–Trinajstić information content (AvgIpc) is 2.85. The molecule has 0 saturated carbocycles. The van der Waals surface area contributed by atoms with Crippen LogP contribution in [0.2, 0.25) is 10.0 Å². The van der Waals surface area contributed by atoms with E-state index in [9.17, 15) is 10.2 Å². The molecule has 1 aromatic heterocycles. The minimum Gasteiger partial charge on any atom is -0.394 e. The Hall–Kier alpha value is -0.890. The fraction of sp³-hybridized carbons (Fsp3) is 0.462. The lowest BCUT2D eigenvalue weighted by molar-refractivity contribution is -0.169. The molecule has 0 aliphatic carbocycles. The van der Waals surface area contributed by atoms with Crippen LogP contribution in [0.5, 0.6) is 0 Å². The number of ether oxygens (including phenoxy) is 1. The Balaban J connectivity index is 1.99. The lowest BCUT2D eigenvalue weighted by Gasteiger charge is -2.37. The Morgan fingerprint density at radius 1 is 1.24 bits per heavy atom. The van der Waals surface area contributed by atoms with Gasteiger partial charge in [0.25, 0.3) is 0 Å². The molecule has 114 valence electrons. The van der Waals surface area contributed by atoms with E-state index in [-0.39, 0.29) is 13.2 Å². The maximum atomic E-state index is 10.2. The highest BCUT2D eigenvalue weighted by molar-refractivity contribution is 6.42. The zero-order valence-corrected chi connectivity index (χ0v) is 12.4. The maximum absolute atomic E-state index is 10.2. The van der Waals surface area contributed by atoms with Gasteiger partial charge in [0.2, 0.25) is 0 Å². The Morgan fingerprint density at radius 2 is 1.95 bits per heavy atom. The first-order valence-corrected chi connectivity index (χ1v) is 7.18. The van der Waals surface area contributed by atoms with Crippen LogP contribution < -0.4 is 0 Å². The van der Waals surface area contributed by atoms with Gasteiger partial charge >= 0.3 is 0 Å². The number of hydrogen-bond acceptors (Lipinski definition) is 5. The minimum atomic E-state index is -1.17. The highest BCUT2D eigenvalue weighted by Gasteiger charge is 2.39. The number of halogens is 2. The first kappa shape index (κ1) is 15.0. The van der Waals surface area contributed by atoms with E-state index in [1.54, 1.807) is 23.0 Å². The van der Waals surface area contributed by atoms with Crippen molar-refractivity contribution in [1.29, 1.82) is 0 Å². The number of aliphatic hydroxyl groups excluding tert-OH is 3. The summed E-state index contributed by atoms with van der Waals surface area (Å²) in [6, 6.07) is 2.77. The fourth-order valence-corrected chi connectivity index (χ4v) is 2.88. The lowest BCUT2D eigenvalue weighted by atomic mass is 9.98. The van der Waals surface area contributed by atoms with Gasteiger partial charge in [-0.15, -0.1) is 0 Å². The van der Waals surface area contributed by atoms with E-state index < -0.39 is 24.4 Å². The second-order valence-electron chi connectivity index (χ2n) is 5.01. The first-order chi connectivity index (χ1) is 10.0. The third-order valence-electron chi connectivity index (χ3n) is 3.76. The molecule has 0 amide bonds. The lowest BCUT2D eigenvalue weighted by Crippen LogP contribution is -2.51. The molecule has 6 nitrogen and oxygen atoms in total. The molecule has 1 aliphatic rings. The Bertz CT molecular complexity index is 663. The number of benzene rings is 1. The van der Waals surface area contributed by atoms with Gasteiger partial charge in [-0.2, -0.15) is 0 Å². The van der Waals surface area contributed by atoms with Crippen molar-refractivity contribution < 1.29 is 20.1 Å². The van der Waals surface area contributed by atoms with Crippen molar-refractivity contribution in [3.05, 3.63) is 28.5 Å². The highest BCUT2D eigenvalue weighted by Crippen LogP contribution is 2.31. The molecule has 8 heteroatoms. The van der Waals surface area contributed by atoms with Crippen LogP contribution in [0.1, 0.15) is 6.04 Å². The van der Waals surface area contributed by atoms with Gasteiger partial charge in [-0.05, 0) is 12.1 Å². The topological polar surface area (TPSA) is 87.7 Å². The van der Waals surface area contributed by atoms with Crippen LogP contribution in [0.4, 0.5) is 0 Å². The van der Waals surface area contributed by atoms with E-state index in [4.69, 9.17) is 33.0 Å². The Labute approximate surface area is 130 Å². The van der Waals surface area contributed by atoms with E-state index in [2.05, 4.69) is 4.98 Å². The molecular weight excluding hydrogens is 319 g/mol. The summed E-state index contributed by atoms with van der Waals surface area (Å²) in [6.07, 6.45) is -1.50. The van der Waals surface area contributed by atoms with Crippen molar-refractivity contribution in [2.24, 2.45) is 0 Å². The number of hydrogen-bond donors (Lipinski definition) is 3. The molecule has 1 saturated heterocycles. The average molecular weight is 333 g/mol. The Morgan fingerprint density at radius 3 is 2.67 bits per heavy atom. The van der Waals surface area contributed by atoms with Crippen LogP contribution in [0.25, 0.3) is 11.0 Å². The van der Waals surface area contributed by atoms with Gasteiger partial charge in [0.1, 0.15) is 18.3 Å². The van der Waals surface area contributed by atoms with Crippen molar-refractivity contribution in [2.75, 3.05) is 13.2 Å². The summed E-state index contributed by atoms with van der Waals surface area (Å²) >= 11 is 12.0. The third kappa shape index (κ3) is 2.52. The predicted octanol–water partition coefficient (Wildman–Crippen LogP) is 0.997. The van der Waals surface area contributed by atoms with Crippen LogP contribution in [0.3, 0.4) is 0 Å². The van der Waals surface area contributed by atoms with Gasteiger partial charge in [-0.1, -0.05) is 23.2 Å². The van der Waals surface area contributed by atoms with E-state index in [1.165, 1.54) is 0 Å². The molecule has 0 radical (unpaired) electrons. The number of nitrogens with zero attached hydrogens (tertiary/aromatic N) is 2. The number of fused-ring (bicyclic) bond motifs is 1. The standard InChI is InChI=1S/C13H14Cl2N2O4/c14-6-1-8-9(2-7(6)15)17(5-16-8)10-4-21-11(3-18)13(20)12(10)19/h1-2,5,10-13,18-20H,3-4H2. The largest absolute Gasteiger partial charge is 0.394 e. The smallest absolute Gasteiger partial charge is 0.110 e. The molecule has 4 unspecified atom stereocenters.